The van der Waals surface area contributed by atoms with E-state index < -0.39 is 11.4 Å². The molecular formula is C27H32FN5O5S. The van der Waals surface area contributed by atoms with E-state index >= 15 is 0 Å². The number of carbonyl (C=O) groups excluding carboxylic acids is 2. The molecule has 0 N–H and O–H groups in total. The van der Waals surface area contributed by atoms with Gasteiger partial charge in [0.05, 0.1) is 19.3 Å². The van der Waals surface area contributed by atoms with Crippen LogP contribution in [0.15, 0.2) is 12.1 Å². The number of likely N-dealkylation sites (tertiary alicyclic amines) is 1. The lowest BCUT2D eigenvalue weighted by Crippen LogP contribution is -2.56. The number of methoxy groups -OCH3 is 1. The Hall–Kier alpha value is -3.59. The zero-order valence-corrected chi connectivity index (χ0v) is 23.3. The number of hydrogen-bond donors (Lipinski definition) is 0. The van der Waals surface area contributed by atoms with Crippen molar-refractivity contribution in [2.24, 2.45) is 0 Å². The summed E-state index contributed by atoms with van der Waals surface area (Å²) in [4.78, 5) is 37.5. The Morgan fingerprint density at radius 1 is 1.21 bits per heavy atom. The fraction of sp³-hybridized carbons (Fsp3) is 0.556. The van der Waals surface area contributed by atoms with E-state index in [1.165, 1.54) is 7.11 Å². The number of amides is 2. The van der Waals surface area contributed by atoms with E-state index in [0.29, 0.717) is 32.6 Å². The Labute approximate surface area is 230 Å². The number of halogens is 1. The SMILES string of the molecule is COc1cc(F)cc(C#N)c1OCC(=O)N1CCc2nc(N3C4CCC3CN(C(=O)OC(C)(C)C)C4)sc2C1. The van der Waals surface area contributed by atoms with Gasteiger partial charge in [0.1, 0.15) is 23.1 Å². The van der Waals surface area contributed by atoms with Gasteiger partial charge in [0.2, 0.25) is 0 Å². The first-order valence-corrected chi connectivity index (χ1v) is 13.8. The number of rotatable bonds is 5. The van der Waals surface area contributed by atoms with Gasteiger partial charge in [-0.05, 0) is 39.7 Å². The third kappa shape index (κ3) is 5.59. The number of nitrogens with zero attached hydrogens (tertiary/aromatic N) is 5. The molecule has 2 unspecified atom stereocenters. The zero-order chi connectivity index (χ0) is 27.9. The minimum atomic E-state index is -0.619. The molecule has 2 aromatic rings. The standard InChI is InChI=1S/C27H32FN5O5S/c1-27(2,3)38-26(35)32-12-18-5-6-19(13-32)33(18)25-30-20-7-8-31(14-22(20)39-25)23(34)15-37-24-16(11-29)9-17(28)10-21(24)36-4/h9-10,18-19H,5-8,12-15H2,1-4H3. The quantitative estimate of drug-likeness (QED) is 0.548. The van der Waals surface area contributed by atoms with Crippen molar-refractivity contribution in [3.63, 3.8) is 0 Å². The molecule has 0 aliphatic carbocycles. The number of benzene rings is 1. The van der Waals surface area contributed by atoms with Crippen LogP contribution >= 0.6 is 11.3 Å². The highest BCUT2D eigenvalue weighted by atomic mass is 32.1. The van der Waals surface area contributed by atoms with Crippen LogP contribution in [0.25, 0.3) is 0 Å². The summed E-state index contributed by atoms with van der Waals surface area (Å²) in [6.45, 7) is 7.47. The molecule has 12 heteroatoms. The van der Waals surface area contributed by atoms with Crippen LogP contribution in [-0.4, -0.2) is 77.8 Å². The van der Waals surface area contributed by atoms with Crippen LogP contribution in [0.4, 0.5) is 14.3 Å². The Balaban J connectivity index is 1.23. The molecule has 2 amide bonds. The van der Waals surface area contributed by atoms with Crippen molar-refractivity contribution in [3.8, 4) is 17.6 Å². The first-order chi connectivity index (χ1) is 18.6. The van der Waals surface area contributed by atoms with E-state index in [1.807, 2.05) is 31.7 Å². The number of piperazine rings is 1. The second kappa shape index (κ2) is 10.5. The van der Waals surface area contributed by atoms with Gasteiger partial charge >= 0.3 is 6.09 Å². The Kier molecular flexibility index (Phi) is 7.29. The Bertz CT molecular complexity index is 1300. The number of hydrogen-bond acceptors (Lipinski definition) is 9. The van der Waals surface area contributed by atoms with Crippen molar-refractivity contribution in [2.75, 3.05) is 38.3 Å². The van der Waals surface area contributed by atoms with Crippen molar-refractivity contribution < 1.29 is 28.2 Å². The van der Waals surface area contributed by atoms with E-state index in [2.05, 4.69) is 4.90 Å². The molecule has 2 saturated heterocycles. The summed E-state index contributed by atoms with van der Waals surface area (Å²) >= 11 is 1.60. The van der Waals surface area contributed by atoms with Crippen LogP contribution in [0.5, 0.6) is 11.5 Å². The van der Waals surface area contributed by atoms with Gasteiger partial charge in [-0.15, -0.1) is 0 Å². The minimum Gasteiger partial charge on any atom is -0.493 e. The molecule has 1 aromatic carbocycles. The molecule has 0 spiro atoms. The summed E-state index contributed by atoms with van der Waals surface area (Å²) in [5.74, 6) is -0.745. The number of anilines is 1. The van der Waals surface area contributed by atoms with Gasteiger partial charge in [0, 0.05) is 49.1 Å². The second-order valence-corrected chi connectivity index (χ2v) is 12.1. The van der Waals surface area contributed by atoms with E-state index in [4.69, 9.17) is 19.2 Å². The Morgan fingerprint density at radius 2 is 1.92 bits per heavy atom. The zero-order valence-electron chi connectivity index (χ0n) is 22.5. The molecule has 0 saturated carbocycles. The van der Waals surface area contributed by atoms with Crippen LogP contribution in [0, 0.1) is 17.1 Å². The predicted molar refractivity (Wildman–Crippen MR) is 141 cm³/mol. The van der Waals surface area contributed by atoms with Crippen molar-refractivity contribution >= 4 is 28.5 Å². The smallest absolute Gasteiger partial charge is 0.410 e. The average Bonchev–Trinajstić information content (AvgIpc) is 3.42. The van der Waals surface area contributed by atoms with Crippen molar-refractivity contribution in [1.29, 1.82) is 5.26 Å². The lowest BCUT2D eigenvalue weighted by molar-refractivity contribution is -0.134. The first kappa shape index (κ1) is 27.0. The summed E-state index contributed by atoms with van der Waals surface area (Å²) in [6.07, 6.45) is 2.35. The van der Waals surface area contributed by atoms with Crippen LogP contribution in [0.3, 0.4) is 0 Å². The third-order valence-corrected chi connectivity index (χ3v) is 8.22. The summed E-state index contributed by atoms with van der Waals surface area (Å²) < 4.78 is 30.1. The fourth-order valence-electron chi connectivity index (χ4n) is 5.37. The minimum absolute atomic E-state index is 0.0333. The molecule has 5 rings (SSSR count). The number of carbonyl (C=O) groups is 2. The van der Waals surface area contributed by atoms with Gasteiger partial charge in [0.15, 0.2) is 23.2 Å². The monoisotopic (exact) mass is 557 g/mol. The predicted octanol–water partition coefficient (Wildman–Crippen LogP) is 3.71. The number of fused-ring (bicyclic) bond motifs is 3. The second-order valence-electron chi connectivity index (χ2n) is 11.0. The highest BCUT2D eigenvalue weighted by Crippen LogP contribution is 2.40. The molecule has 4 heterocycles. The highest BCUT2D eigenvalue weighted by molar-refractivity contribution is 7.15. The van der Waals surface area contributed by atoms with Gasteiger partial charge in [-0.1, -0.05) is 11.3 Å². The molecule has 208 valence electrons. The van der Waals surface area contributed by atoms with E-state index in [-0.39, 0.29) is 47.8 Å². The number of thiazole rings is 1. The molecule has 2 fully saturated rings. The molecule has 1 aromatic heterocycles. The lowest BCUT2D eigenvalue weighted by atomic mass is 10.1. The maximum Gasteiger partial charge on any atom is 0.410 e. The van der Waals surface area contributed by atoms with E-state index in [1.54, 1.807) is 16.2 Å². The summed E-state index contributed by atoms with van der Waals surface area (Å²) in [5.41, 5.74) is 0.439. The van der Waals surface area contributed by atoms with Crippen LogP contribution in [-0.2, 0) is 22.5 Å². The summed E-state index contributed by atoms with van der Waals surface area (Å²) in [6, 6.07) is 4.43. The largest absolute Gasteiger partial charge is 0.493 e. The molecule has 3 aliphatic rings. The fourth-order valence-corrected chi connectivity index (χ4v) is 6.64. The summed E-state index contributed by atoms with van der Waals surface area (Å²) in [7, 11) is 1.35. The maximum absolute atomic E-state index is 13.7. The number of aromatic nitrogens is 1. The van der Waals surface area contributed by atoms with Gasteiger partial charge < -0.3 is 28.9 Å². The van der Waals surface area contributed by atoms with Crippen LogP contribution in [0.1, 0.15) is 49.7 Å². The van der Waals surface area contributed by atoms with Crippen LogP contribution < -0.4 is 14.4 Å². The van der Waals surface area contributed by atoms with Crippen molar-refractivity contribution in [3.05, 3.63) is 34.1 Å². The molecule has 39 heavy (non-hydrogen) atoms. The molecule has 0 radical (unpaired) electrons. The van der Waals surface area contributed by atoms with Gasteiger partial charge in [-0.25, -0.2) is 14.2 Å². The van der Waals surface area contributed by atoms with Gasteiger partial charge in [-0.2, -0.15) is 5.26 Å². The molecule has 3 aliphatic heterocycles. The van der Waals surface area contributed by atoms with E-state index in [9.17, 15) is 19.2 Å². The molecular weight excluding hydrogens is 525 g/mol. The molecule has 10 nitrogen and oxygen atoms in total. The lowest BCUT2D eigenvalue weighted by Gasteiger charge is -2.41. The normalized spacial score (nSPS) is 20.4. The molecule has 2 bridgehead atoms. The topological polar surface area (TPSA) is 108 Å². The first-order valence-electron chi connectivity index (χ1n) is 13.0. The van der Waals surface area contributed by atoms with Crippen LogP contribution in [0.2, 0.25) is 0 Å². The van der Waals surface area contributed by atoms with Gasteiger partial charge in [-0.3, -0.25) is 4.79 Å². The Morgan fingerprint density at radius 3 is 2.56 bits per heavy atom. The maximum atomic E-state index is 13.7. The van der Waals surface area contributed by atoms with E-state index in [0.717, 1.165) is 40.7 Å². The van der Waals surface area contributed by atoms with Crippen molar-refractivity contribution in [2.45, 2.75) is 64.3 Å². The van der Waals surface area contributed by atoms with Gasteiger partial charge in [0.25, 0.3) is 5.91 Å². The average molecular weight is 558 g/mol. The highest BCUT2D eigenvalue weighted by Gasteiger charge is 2.44. The number of ether oxygens (including phenoxy) is 3. The number of nitriles is 1. The third-order valence-electron chi connectivity index (χ3n) is 7.13. The summed E-state index contributed by atoms with van der Waals surface area (Å²) in [5, 5.41) is 10.3. The van der Waals surface area contributed by atoms with Crippen molar-refractivity contribution in [1.82, 2.24) is 14.8 Å². The molecule has 2 atom stereocenters.